The molecule has 142 valence electrons. The Labute approximate surface area is 159 Å². The predicted molar refractivity (Wildman–Crippen MR) is 103 cm³/mol. The molecule has 5 heteroatoms. The van der Waals surface area contributed by atoms with Crippen LogP contribution < -0.4 is 10.1 Å². The van der Waals surface area contributed by atoms with Crippen molar-refractivity contribution in [3.05, 3.63) is 53.6 Å². The Hall–Kier alpha value is -2.53. The van der Waals surface area contributed by atoms with Crippen LogP contribution in [0.25, 0.3) is 11.1 Å². The van der Waals surface area contributed by atoms with Crippen LogP contribution in [0.3, 0.4) is 0 Å². The van der Waals surface area contributed by atoms with Gasteiger partial charge in [0.1, 0.15) is 12.4 Å². The second kappa shape index (κ2) is 7.24. The normalized spacial score (nSPS) is 19.4. The molecule has 1 amide bonds. The predicted octanol–water partition coefficient (Wildman–Crippen LogP) is 4.41. The van der Waals surface area contributed by atoms with Gasteiger partial charge in [0.25, 0.3) is 0 Å². The van der Waals surface area contributed by atoms with Gasteiger partial charge in [0, 0.05) is 12.7 Å². The molecule has 0 radical (unpaired) electrons. The number of amides is 1. The number of hydrogen-bond donors (Lipinski definition) is 2. The lowest BCUT2D eigenvalue weighted by molar-refractivity contribution is 0.146. The number of methoxy groups -OCH3 is 1. The molecule has 0 aromatic heterocycles. The van der Waals surface area contributed by atoms with E-state index in [0.717, 1.165) is 48.1 Å². The van der Waals surface area contributed by atoms with Crippen molar-refractivity contribution in [3.8, 4) is 16.9 Å². The van der Waals surface area contributed by atoms with E-state index in [2.05, 4.69) is 29.6 Å². The molecule has 2 N–H and O–H groups in total. The van der Waals surface area contributed by atoms with Gasteiger partial charge in [-0.15, -0.1) is 0 Å². The standard InChI is InChI=1S/C22H25NO4/c1-26-12-13-27-19-5-3-2-4-17(19)15-6-7-18-16(14-15)8-9-22(10-11-22)20(18)23-21(24)25/h2-7,14,20,23H,8-13H2,1H3,(H,24,25). The minimum Gasteiger partial charge on any atom is -0.491 e. The Morgan fingerprint density at radius 3 is 2.74 bits per heavy atom. The van der Waals surface area contributed by atoms with Crippen molar-refractivity contribution in [3.63, 3.8) is 0 Å². The van der Waals surface area contributed by atoms with Gasteiger partial charge in [-0.3, -0.25) is 0 Å². The lowest BCUT2D eigenvalue weighted by atomic mass is 9.76. The van der Waals surface area contributed by atoms with E-state index in [1.165, 1.54) is 5.56 Å². The van der Waals surface area contributed by atoms with Crippen molar-refractivity contribution in [1.82, 2.24) is 5.32 Å². The molecule has 0 saturated heterocycles. The molecule has 0 bridgehead atoms. The molecule has 0 aliphatic heterocycles. The number of fused-ring (bicyclic) bond motifs is 1. The highest BCUT2D eigenvalue weighted by atomic mass is 16.5. The zero-order valence-electron chi connectivity index (χ0n) is 15.5. The first-order valence-corrected chi connectivity index (χ1v) is 9.46. The molecule has 1 saturated carbocycles. The molecule has 5 nitrogen and oxygen atoms in total. The molecular formula is C22H25NO4. The summed E-state index contributed by atoms with van der Waals surface area (Å²) < 4.78 is 11.0. The summed E-state index contributed by atoms with van der Waals surface area (Å²) in [4.78, 5) is 11.3. The van der Waals surface area contributed by atoms with Gasteiger partial charge in [-0.25, -0.2) is 4.79 Å². The van der Waals surface area contributed by atoms with Gasteiger partial charge >= 0.3 is 6.09 Å². The number of benzene rings is 2. The van der Waals surface area contributed by atoms with Crippen LogP contribution in [0.4, 0.5) is 4.79 Å². The van der Waals surface area contributed by atoms with E-state index in [4.69, 9.17) is 9.47 Å². The Morgan fingerprint density at radius 2 is 2.00 bits per heavy atom. The minimum atomic E-state index is -0.944. The SMILES string of the molecule is COCCOc1ccccc1-c1ccc2c(c1)CCC1(CC1)C2NC(=O)O. The van der Waals surface area contributed by atoms with Crippen LogP contribution in [0, 0.1) is 5.41 Å². The van der Waals surface area contributed by atoms with E-state index in [1.807, 2.05) is 18.2 Å². The molecule has 2 aliphatic rings. The second-order valence-electron chi connectivity index (χ2n) is 7.50. The summed E-state index contributed by atoms with van der Waals surface area (Å²) in [5.41, 5.74) is 4.64. The summed E-state index contributed by atoms with van der Waals surface area (Å²) in [6, 6.07) is 14.3. The number of rotatable bonds is 6. The van der Waals surface area contributed by atoms with Gasteiger partial charge in [-0.1, -0.05) is 36.4 Å². The van der Waals surface area contributed by atoms with E-state index in [-0.39, 0.29) is 11.5 Å². The monoisotopic (exact) mass is 367 g/mol. The number of carbonyl (C=O) groups is 1. The molecule has 27 heavy (non-hydrogen) atoms. The molecule has 1 atom stereocenters. The van der Waals surface area contributed by atoms with Gasteiger partial charge in [-0.2, -0.15) is 0 Å². The highest BCUT2D eigenvalue weighted by Crippen LogP contribution is 2.61. The van der Waals surface area contributed by atoms with Gasteiger partial charge in [0.05, 0.1) is 12.6 Å². The van der Waals surface area contributed by atoms with Crippen LogP contribution >= 0.6 is 0 Å². The molecule has 2 aliphatic carbocycles. The van der Waals surface area contributed by atoms with Crippen molar-refractivity contribution in [1.29, 1.82) is 0 Å². The summed E-state index contributed by atoms with van der Waals surface area (Å²) in [7, 11) is 1.66. The average Bonchev–Trinajstić information content (AvgIpc) is 3.45. The van der Waals surface area contributed by atoms with Crippen molar-refractivity contribution in [2.45, 2.75) is 31.7 Å². The Morgan fingerprint density at radius 1 is 1.19 bits per heavy atom. The molecule has 2 aromatic rings. The molecule has 1 unspecified atom stereocenters. The molecular weight excluding hydrogens is 342 g/mol. The zero-order valence-corrected chi connectivity index (χ0v) is 15.5. The number of aryl methyl sites for hydroxylation is 1. The fourth-order valence-electron chi connectivity index (χ4n) is 4.25. The fraction of sp³-hybridized carbons (Fsp3) is 0.409. The lowest BCUT2D eigenvalue weighted by Gasteiger charge is -2.34. The van der Waals surface area contributed by atoms with E-state index < -0.39 is 6.09 Å². The third-order valence-electron chi connectivity index (χ3n) is 5.86. The first-order chi connectivity index (χ1) is 13.1. The number of nitrogens with one attached hydrogen (secondary N) is 1. The summed E-state index contributed by atoms with van der Waals surface area (Å²) in [6.07, 6.45) is 3.30. The third kappa shape index (κ3) is 3.52. The molecule has 4 rings (SSSR count). The zero-order chi connectivity index (χ0) is 18.9. The third-order valence-corrected chi connectivity index (χ3v) is 5.86. The summed E-state index contributed by atoms with van der Waals surface area (Å²) in [5, 5.41) is 12.1. The maximum atomic E-state index is 11.3. The molecule has 2 aromatic carbocycles. The van der Waals surface area contributed by atoms with Crippen molar-refractivity contribution in [2.75, 3.05) is 20.3 Å². The fourth-order valence-corrected chi connectivity index (χ4v) is 4.25. The van der Waals surface area contributed by atoms with E-state index in [1.54, 1.807) is 7.11 Å². The Balaban J connectivity index is 1.65. The highest BCUT2D eigenvalue weighted by molar-refractivity contribution is 5.72. The largest absolute Gasteiger partial charge is 0.491 e. The summed E-state index contributed by atoms with van der Waals surface area (Å²) in [5.74, 6) is 0.837. The Kier molecular flexibility index (Phi) is 4.79. The Bertz CT molecular complexity index is 844. The van der Waals surface area contributed by atoms with Crippen LogP contribution in [-0.4, -0.2) is 31.5 Å². The van der Waals surface area contributed by atoms with Gasteiger partial charge < -0.3 is 19.9 Å². The van der Waals surface area contributed by atoms with Crippen molar-refractivity contribution >= 4 is 6.09 Å². The second-order valence-corrected chi connectivity index (χ2v) is 7.50. The van der Waals surface area contributed by atoms with Gasteiger partial charge in [-0.05, 0) is 53.9 Å². The molecule has 0 heterocycles. The first-order valence-electron chi connectivity index (χ1n) is 9.46. The topological polar surface area (TPSA) is 67.8 Å². The van der Waals surface area contributed by atoms with Crippen LogP contribution in [0.2, 0.25) is 0 Å². The average molecular weight is 367 g/mol. The van der Waals surface area contributed by atoms with E-state index in [0.29, 0.717) is 13.2 Å². The number of hydrogen-bond acceptors (Lipinski definition) is 3. The van der Waals surface area contributed by atoms with Gasteiger partial charge in [0.2, 0.25) is 0 Å². The smallest absolute Gasteiger partial charge is 0.405 e. The molecule has 1 spiro atoms. The van der Waals surface area contributed by atoms with Gasteiger partial charge in [0.15, 0.2) is 0 Å². The van der Waals surface area contributed by atoms with Crippen LogP contribution in [0.5, 0.6) is 5.75 Å². The van der Waals surface area contributed by atoms with Crippen LogP contribution in [0.1, 0.15) is 36.4 Å². The maximum absolute atomic E-state index is 11.3. The summed E-state index contributed by atoms with van der Waals surface area (Å²) in [6.45, 7) is 1.05. The van der Waals surface area contributed by atoms with Crippen molar-refractivity contribution < 1.29 is 19.4 Å². The van der Waals surface area contributed by atoms with E-state index >= 15 is 0 Å². The number of carboxylic acid groups (broad SMARTS) is 1. The first kappa shape index (κ1) is 17.9. The van der Waals surface area contributed by atoms with Crippen molar-refractivity contribution in [2.24, 2.45) is 5.41 Å². The van der Waals surface area contributed by atoms with E-state index in [9.17, 15) is 9.90 Å². The van der Waals surface area contributed by atoms with Crippen LogP contribution in [-0.2, 0) is 11.2 Å². The molecule has 1 fully saturated rings. The summed E-state index contributed by atoms with van der Waals surface area (Å²) >= 11 is 0. The number of para-hydroxylation sites is 1. The maximum Gasteiger partial charge on any atom is 0.405 e. The lowest BCUT2D eigenvalue weighted by Crippen LogP contribution is -2.36. The highest BCUT2D eigenvalue weighted by Gasteiger charge is 2.52. The minimum absolute atomic E-state index is 0.0963. The number of ether oxygens (including phenoxy) is 2. The quantitative estimate of drug-likeness (QED) is 0.742. The van der Waals surface area contributed by atoms with Crippen LogP contribution in [0.15, 0.2) is 42.5 Å².